The second-order valence-electron chi connectivity index (χ2n) is 19.9. The van der Waals surface area contributed by atoms with Gasteiger partial charge in [-0.15, -0.1) is 0 Å². The summed E-state index contributed by atoms with van der Waals surface area (Å²) in [6, 6.07) is 60.1. The summed E-state index contributed by atoms with van der Waals surface area (Å²) >= 11 is 0. The molecular weight excluding hydrogens is 897 g/mol. The van der Waals surface area contributed by atoms with Crippen LogP contribution in [0.4, 0.5) is 0 Å². The van der Waals surface area contributed by atoms with Crippen molar-refractivity contribution in [2.75, 3.05) is 7.05 Å². The highest BCUT2D eigenvalue weighted by Gasteiger charge is 2.37. The fourth-order valence-electron chi connectivity index (χ4n) is 11.4. The van der Waals surface area contributed by atoms with E-state index < -0.39 is 32.3 Å². The van der Waals surface area contributed by atoms with Crippen LogP contribution in [0, 0.1) is 0 Å². The van der Waals surface area contributed by atoms with Gasteiger partial charge in [-0.2, -0.15) is 0 Å². The number of para-hydroxylation sites is 4. The van der Waals surface area contributed by atoms with Crippen molar-refractivity contribution in [1.29, 1.82) is 0 Å². The Morgan fingerprint density at radius 3 is 1.00 bits per heavy atom. The Labute approximate surface area is 414 Å². The quantitative estimate of drug-likeness (QED) is 0.0400. The van der Waals surface area contributed by atoms with Crippen LogP contribution in [0.1, 0.15) is 119 Å². The van der Waals surface area contributed by atoms with Crippen molar-refractivity contribution in [3.63, 3.8) is 0 Å². The van der Waals surface area contributed by atoms with E-state index in [1.807, 2.05) is 0 Å². The molecule has 0 aliphatic heterocycles. The molecule has 358 valence electrons. The summed E-state index contributed by atoms with van der Waals surface area (Å²) < 4.78 is 16.8. The molecule has 68 heavy (non-hydrogen) atoms. The van der Waals surface area contributed by atoms with Gasteiger partial charge in [0.2, 0.25) is 0 Å². The van der Waals surface area contributed by atoms with Gasteiger partial charge in [-0.25, -0.2) is 4.44 Å². The van der Waals surface area contributed by atoms with Crippen LogP contribution < -0.4 is 31.6 Å². The van der Waals surface area contributed by atoms with Crippen molar-refractivity contribution in [2.24, 2.45) is 0 Å². The van der Waals surface area contributed by atoms with Gasteiger partial charge >= 0.3 is 0 Å². The summed E-state index contributed by atoms with van der Waals surface area (Å²) in [4.78, 5) is 0. The number of rotatable bonds is 26. The van der Waals surface area contributed by atoms with Crippen LogP contribution in [0.5, 0.6) is 0 Å². The second kappa shape index (κ2) is 23.9. The number of hydrogen-bond acceptors (Lipinski definition) is 3. The van der Waals surface area contributed by atoms with E-state index in [4.69, 9.17) is 8.83 Å². The SMILES string of the molecule is CCCC[Si](CCCC)(CCCC)c1ccc(P(c2cccc3c2oc2ccccc23)N(C)P(c2ccc([Si](CCCC)(CCCC)CCCC)cc2)c2cccc3c2oc2ccccc23)cc1. The Kier molecular flexibility index (Phi) is 17.7. The highest BCUT2D eigenvalue weighted by atomic mass is 31.2. The summed E-state index contributed by atoms with van der Waals surface area (Å²) in [5, 5.41) is 13.4. The molecule has 7 heteroatoms. The van der Waals surface area contributed by atoms with Crippen LogP contribution in [-0.4, -0.2) is 27.6 Å². The standard InChI is InChI=1S/C61H79NO2P2Si2/c1-8-14-42-67(43-15-9-2,44-16-10-3)50-38-34-48(35-39-50)65(58-32-24-28-54-52-26-20-22-30-56(52)63-60(54)58)62(7)66(59-33-25-29-55-53-27-21-23-31-57(53)64-61(55)59)49-36-40-51(41-37-49)68(45-17-11-4,46-18-12-5)47-19-13-6/h20-41H,8-19,42-47H2,1-7H3. The van der Waals surface area contributed by atoms with Crippen LogP contribution in [-0.2, 0) is 0 Å². The molecule has 8 rings (SSSR count). The van der Waals surface area contributed by atoms with Gasteiger partial charge in [0.25, 0.3) is 0 Å². The number of benzene rings is 6. The molecule has 0 radical (unpaired) electrons. The van der Waals surface area contributed by atoms with Crippen molar-refractivity contribution in [3.8, 4) is 0 Å². The smallest absolute Gasteiger partial charge is 0.144 e. The highest BCUT2D eigenvalue weighted by Crippen LogP contribution is 2.55. The van der Waals surface area contributed by atoms with Crippen molar-refractivity contribution >= 4 is 108 Å². The van der Waals surface area contributed by atoms with Crippen molar-refractivity contribution in [3.05, 3.63) is 133 Å². The molecular formula is C61H79NO2P2Si2. The first kappa shape index (κ1) is 50.6. The van der Waals surface area contributed by atoms with E-state index in [2.05, 4.69) is 186 Å². The third kappa shape index (κ3) is 10.6. The zero-order valence-electron chi connectivity index (χ0n) is 42.6. The Morgan fingerprint density at radius 1 is 0.368 bits per heavy atom. The lowest BCUT2D eigenvalue weighted by atomic mass is 10.1. The molecule has 0 fully saturated rings. The molecule has 2 heterocycles. The normalized spacial score (nSPS) is 13.4. The van der Waals surface area contributed by atoms with E-state index in [0.717, 1.165) is 22.3 Å². The average molecular weight is 976 g/mol. The minimum Gasteiger partial charge on any atom is -0.455 e. The first-order valence-corrected chi connectivity index (χ1v) is 34.5. The zero-order chi connectivity index (χ0) is 47.5. The summed E-state index contributed by atoms with van der Waals surface area (Å²) in [6.07, 6.45) is 15.6. The van der Waals surface area contributed by atoms with E-state index in [-0.39, 0.29) is 0 Å². The minimum absolute atomic E-state index is 0.952. The van der Waals surface area contributed by atoms with E-state index in [0.29, 0.717) is 0 Å². The Morgan fingerprint density at radius 2 is 0.676 bits per heavy atom. The molecule has 6 aromatic carbocycles. The van der Waals surface area contributed by atoms with Gasteiger partial charge in [0, 0.05) is 48.3 Å². The van der Waals surface area contributed by atoms with Gasteiger partial charge in [0.1, 0.15) is 22.3 Å². The van der Waals surface area contributed by atoms with Crippen LogP contribution in [0.2, 0.25) is 36.3 Å². The number of nitrogens with zero attached hydrogens (tertiary/aromatic N) is 1. The molecule has 0 spiro atoms. The Balaban J connectivity index is 1.34. The maximum atomic E-state index is 6.99. The third-order valence-electron chi connectivity index (χ3n) is 15.3. The summed E-state index contributed by atoms with van der Waals surface area (Å²) in [5.41, 5.74) is 3.93. The van der Waals surface area contributed by atoms with Gasteiger partial charge in [0.15, 0.2) is 0 Å². The lowest BCUT2D eigenvalue weighted by Gasteiger charge is -2.37. The van der Waals surface area contributed by atoms with Crippen molar-refractivity contribution in [1.82, 2.24) is 4.44 Å². The monoisotopic (exact) mass is 976 g/mol. The van der Waals surface area contributed by atoms with Gasteiger partial charge < -0.3 is 8.83 Å². The predicted octanol–water partition coefficient (Wildman–Crippen LogP) is 16.9. The first-order valence-electron chi connectivity index (χ1n) is 26.7. The molecule has 0 N–H and O–H groups in total. The molecule has 2 aromatic heterocycles. The number of unbranched alkanes of at least 4 members (excludes halogenated alkanes) is 6. The largest absolute Gasteiger partial charge is 0.455 e. The van der Waals surface area contributed by atoms with E-state index in [1.54, 1.807) is 10.4 Å². The molecule has 3 nitrogen and oxygen atoms in total. The predicted molar refractivity (Wildman–Crippen MR) is 310 cm³/mol. The Bertz CT molecular complexity index is 2590. The maximum Gasteiger partial charge on any atom is 0.144 e. The van der Waals surface area contributed by atoms with Crippen LogP contribution in [0.3, 0.4) is 0 Å². The van der Waals surface area contributed by atoms with Gasteiger partial charge in [-0.3, -0.25) is 0 Å². The Hall–Kier alpha value is -3.83. The van der Waals surface area contributed by atoms with Crippen LogP contribution in [0.15, 0.2) is 142 Å². The fourth-order valence-corrected chi connectivity index (χ4v) is 28.4. The van der Waals surface area contributed by atoms with Crippen molar-refractivity contribution < 1.29 is 8.83 Å². The zero-order valence-corrected chi connectivity index (χ0v) is 46.4. The number of fused-ring (bicyclic) bond motifs is 6. The first-order chi connectivity index (χ1) is 33.4. The van der Waals surface area contributed by atoms with E-state index >= 15 is 0 Å². The maximum absolute atomic E-state index is 6.99. The average Bonchev–Trinajstić information content (AvgIpc) is 3.97. The molecule has 2 atom stereocenters. The van der Waals surface area contributed by atoms with E-state index in [1.165, 1.54) is 156 Å². The molecule has 0 bridgehead atoms. The molecule has 2 unspecified atom stereocenters. The minimum atomic E-state index is -1.72. The van der Waals surface area contributed by atoms with Crippen LogP contribution >= 0.6 is 16.1 Å². The van der Waals surface area contributed by atoms with Crippen molar-refractivity contribution in [2.45, 2.75) is 155 Å². The number of furan rings is 2. The van der Waals surface area contributed by atoms with Gasteiger partial charge in [-0.1, -0.05) is 274 Å². The molecule has 8 aromatic rings. The second-order valence-corrected chi connectivity index (χ2v) is 33.9. The molecule has 0 saturated carbocycles. The fraction of sp³-hybridized carbons (Fsp3) is 0.410. The molecule has 0 saturated heterocycles. The highest BCUT2D eigenvalue weighted by molar-refractivity contribution is 7.85. The summed E-state index contributed by atoms with van der Waals surface area (Å²) in [6.45, 7) is 14.3. The number of hydrogen-bond donors (Lipinski definition) is 0. The lowest BCUT2D eigenvalue weighted by molar-refractivity contribution is 0.671. The molecule has 0 amide bonds. The lowest BCUT2D eigenvalue weighted by Crippen LogP contribution is -2.48. The third-order valence-corrected chi connectivity index (χ3v) is 31.7. The topological polar surface area (TPSA) is 29.5 Å². The van der Waals surface area contributed by atoms with E-state index in [9.17, 15) is 0 Å². The van der Waals surface area contributed by atoms with Gasteiger partial charge in [-0.05, 0) is 41.9 Å². The molecule has 0 aliphatic rings. The van der Waals surface area contributed by atoms with Crippen LogP contribution in [0.25, 0.3) is 43.9 Å². The molecule has 0 aliphatic carbocycles. The van der Waals surface area contributed by atoms with Gasteiger partial charge in [0.05, 0.1) is 16.1 Å². The summed E-state index contributed by atoms with van der Waals surface area (Å²) in [7, 11) is -3.21. The summed E-state index contributed by atoms with van der Waals surface area (Å²) in [5.74, 6) is 0.